The fourth-order valence-corrected chi connectivity index (χ4v) is 2.41. The van der Waals surface area contributed by atoms with E-state index in [1.54, 1.807) is 47.0 Å². The second-order valence-corrected chi connectivity index (χ2v) is 5.47. The number of nitrogens with zero attached hydrogens (tertiary/aromatic N) is 2. The van der Waals surface area contributed by atoms with Gasteiger partial charge in [0.1, 0.15) is 11.3 Å². The Bertz CT molecular complexity index is 978. The highest BCUT2D eigenvalue weighted by atomic mass is 35.5. The number of hydrogen-bond acceptors (Lipinski definition) is 3. The van der Waals surface area contributed by atoms with Gasteiger partial charge in [-0.15, -0.1) is 0 Å². The van der Waals surface area contributed by atoms with Crippen LogP contribution in [0.15, 0.2) is 55.4 Å². The molecule has 0 aliphatic carbocycles. The Hall–Kier alpha value is -3.12. The number of pyridine rings is 1. The van der Waals surface area contributed by atoms with Gasteiger partial charge in [-0.1, -0.05) is 30.3 Å². The van der Waals surface area contributed by atoms with Gasteiger partial charge in [0.15, 0.2) is 0 Å². The molecular weight excluding hydrogens is 328 g/mol. The van der Waals surface area contributed by atoms with Crippen molar-refractivity contribution in [1.29, 1.82) is 0 Å². The Morgan fingerprint density at radius 1 is 1.25 bits per heavy atom. The molecule has 3 aromatic rings. The largest absolute Gasteiger partial charge is 0.366 e. The number of benzene rings is 1. The first-order chi connectivity index (χ1) is 11.5. The minimum atomic E-state index is -0.609. The van der Waals surface area contributed by atoms with Gasteiger partial charge < -0.3 is 11.1 Å². The fraction of sp³-hybridized carbons (Fsp3) is 0. The average molecular weight is 341 g/mol. The van der Waals surface area contributed by atoms with Gasteiger partial charge in [-0.3, -0.25) is 14.0 Å². The van der Waals surface area contributed by atoms with E-state index in [0.29, 0.717) is 27.6 Å². The minimum absolute atomic E-state index is 0.183. The average Bonchev–Trinajstić information content (AvgIpc) is 2.99. The lowest BCUT2D eigenvalue weighted by Gasteiger charge is -2.07. The van der Waals surface area contributed by atoms with E-state index in [9.17, 15) is 9.59 Å². The van der Waals surface area contributed by atoms with Crippen molar-refractivity contribution in [1.82, 2.24) is 9.38 Å². The number of fused-ring (bicyclic) bond motifs is 1. The van der Waals surface area contributed by atoms with Crippen LogP contribution in [0.25, 0.3) is 11.2 Å². The summed E-state index contributed by atoms with van der Waals surface area (Å²) >= 11 is 6.04. The smallest absolute Gasteiger partial charge is 0.274 e. The van der Waals surface area contributed by atoms with E-state index in [1.807, 2.05) is 0 Å². The van der Waals surface area contributed by atoms with E-state index in [2.05, 4.69) is 16.9 Å². The molecule has 0 saturated carbocycles. The third kappa shape index (κ3) is 2.87. The van der Waals surface area contributed by atoms with Gasteiger partial charge in [0.2, 0.25) is 5.91 Å². The summed E-state index contributed by atoms with van der Waals surface area (Å²) in [4.78, 5) is 27.8. The number of para-hydroxylation sites is 1. The molecule has 3 N–H and O–H groups in total. The van der Waals surface area contributed by atoms with Crippen molar-refractivity contribution in [2.24, 2.45) is 5.73 Å². The van der Waals surface area contributed by atoms with E-state index in [1.165, 1.54) is 6.20 Å². The zero-order chi connectivity index (χ0) is 17.3. The maximum atomic E-state index is 12.4. The number of nitrogens with two attached hydrogens (primary N) is 1. The van der Waals surface area contributed by atoms with Gasteiger partial charge in [-0.2, -0.15) is 0 Å². The monoisotopic (exact) mass is 340 g/mol. The van der Waals surface area contributed by atoms with Crippen LogP contribution in [0.3, 0.4) is 0 Å². The van der Waals surface area contributed by atoms with Crippen LogP contribution in [0.4, 0.5) is 5.69 Å². The summed E-state index contributed by atoms with van der Waals surface area (Å²) in [5.41, 5.74) is 7.31. The standard InChI is InChI=1S/C17H13ClN4O2/c1-10(16(19)23)11-6-7-22-14(9-20-15(22)8-11)17(24)21-13-5-3-2-4-12(13)18/h2-9H,1H2,(H2,19,23)(H,21,24). The molecule has 0 unspecified atom stereocenters. The summed E-state index contributed by atoms with van der Waals surface area (Å²) in [5, 5.41) is 3.18. The third-order valence-corrected chi connectivity index (χ3v) is 3.84. The maximum absolute atomic E-state index is 12.4. The van der Waals surface area contributed by atoms with Crippen LogP contribution in [0, 0.1) is 0 Å². The van der Waals surface area contributed by atoms with Crippen LogP contribution in [-0.2, 0) is 4.79 Å². The van der Waals surface area contributed by atoms with Gasteiger partial charge >= 0.3 is 0 Å². The van der Waals surface area contributed by atoms with Gasteiger partial charge in [0.05, 0.1) is 16.9 Å². The summed E-state index contributed by atoms with van der Waals surface area (Å²) in [7, 11) is 0. The molecule has 0 fully saturated rings. The first-order valence-corrected chi connectivity index (χ1v) is 7.37. The normalized spacial score (nSPS) is 10.5. The van der Waals surface area contributed by atoms with Crippen LogP contribution in [0.2, 0.25) is 5.02 Å². The third-order valence-electron chi connectivity index (χ3n) is 3.51. The number of carbonyl (C=O) groups is 2. The van der Waals surface area contributed by atoms with Gasteiger partial charge in [-0.25, -0.2) is 4.98 Å². The van der Waals surface area contributed by atoms with E-state index in [0.717, 1.165) is 0 Å². The Morgan fingerprint density at radius 2 is 2.00 bits per heavy atom. The SMILES string of the molecule is C=C(C(N)=O)c1ccn2c(C(=O)Nc3ccccc3Cl)cnc2c1. The highest BCUT2D eigenvalue weighted by Crippen LogP contribution is 2.22. The molecule has 120 valence electrons. The maximum Gasteiger partial charge on any atom is 0.274 e. The van der Waals surface area contributed by atoms with Crippen molar-refractivity contribution >= 4 is 40.3 Å². The van der Waals surface area contributed by atoms with Crippen molar-refractivity contribution < 1.29 is 9.59 Å². The topological polar surface area (TPSA) is 89.5 Å². The predicted octanol–water partition coefficient (Wildman–Crippen LogP) is 2.74. The molecule has 6 nitrogen and oxygen atoms in total. The summed E-state index contributed by atoms with van der Waals surface area (Å²) in [6.45, 7) is 3.63. The Kier molecular flexibility index (Phi) is 4.05. The Balaban J connectivity index is 1.93. The molecule has 2 heterocycles. The summed E-state index contributed by atoms with van der Waals surface area (Å²) in [6, 6.07) is 10.2. The first-order valence-electron chi connectivity index (χ1n) is 6.99. The number of imidazole rings is 1. The predicted molar refractivity (Wildman–Crippen MR) is 92.8 cm³/mol. The van der Waals surface area contributed by atoms with Gasteiger partial charge in [0, 0.05) is 11.8 Å². The highest BCUT2D eigenvalue weighted by Gasteiger charge is 2.15. The molecule has 1 aromatic carbocycles. The molecule has 0 aliphatic heterocycles. The molecule has 2 amide bonds. The number of rotatable bonds is 4. The summed E-state index contributed by atoms with van der Waals surface area (Å²) < 4.78 is 1.60. The number of amides is 2. The molecule has 2 aromatic heterocycles. The summed E-state index contributed by atoms with van der Waals surface area (Å²) in [5.74, 6) is -0.959. The number of anilines is 1. The molecule has 0 atom stereocenters. The zero-order valence-electron chi connectivity index (χ0n) is 12.5. The van der Waals surface area contributed by atoms with Crippen molar-refractivity contribution in [3.8, 4) is 0 Å². The van der Waals surface area contributed by atoms with Gasteiger partial charge in [0.25, 0.3) is 5.91 Å². The van der Waals surface area contributed by atoms with Crippen molar-refractivity contribution in [2.45, 2.75) is 0 Å². The van der Waals surface area contributed by atoms with Crippen LogP contribution in [-0.4, -0.2) is 21.2 Å². The van der Waals surface area contributed by atoms with E-state index in [4.69, 9.17) is 17.3 Å². The van der Waals surface area contributed by atoms with Crippen LogP contribution >= 0.6 is 11.6 Å². The Labute approximate surface area is 142 Å². The number of nitrogens with one attached hydrogen (secondary N) is 1. The van der Waals surface area contributed by atoms with Crippen LogP contribution in [0.5, 0.6) is 0 Å². The van der Waals surface area contributed by atoms with Crippen molar-refractivity contribution in [3.63, 3.8) is 0 Å². The molecule has 0 spiro atoms. The second-order valence-electron chi connectivity index (χ2n) is 5.06. The van der Waals surface area contributed by atoms with E-state index in [-0.39, 0.29) is 11.5 Å². The molecule has 7 heteroatoms. The van der Waals surface area contributed by atoms with E-state index < -0.39 is 5.91 Å². The van der Waals surface area contributed by atoms with Crippen LogP contribution in [0.1, 0.15) is 16.1 Å². The van der Waals surface area contributed by atoms with Crippen molar-refractivity contribution in [2.75, 3.05) is 5.32 Å². The molecule has 0 aliphatic rings. The first kappa shape index (κ1) is 15.8. The lowest BCUT2D eigenvalue weighted by molar-refractivity contribution is -0.112. The number of hydrogen-bond donors (Lipinski definition) is 2. The highest BCUT2D eigenvalue weighted by molar-refractivity contribution is 6.33. The second kappa shape index (κ2) is 6.17. The van der Waals surface area contributed by atoms with E-state index >= 15 is 0 Å². The molecule has 0 saturated heterocycles. The van der Waals surface area contributed by atoms with Crippen molar-refractivity contribution in [3.05, 3.63) is 71.7 Å². The number of halogens is 1. The molecule has 0 radical (unpaired) electrons. The van der Waals surface area contributed by atoms with Crippen LogP contribution < -0.4 is 11.1 Å². The summed E-state index contributed by atoms with van der Waals surface area (Å²) in [6.07, 6.45) is 3.08. The molecular formula is C17H13ClN4O2. The Morgan fingerprint density at radius 3 is 2.71 bits per heavy atom. The van der Waals surface area contributed by atoms with Gasteiger partial charge in [-0.05, 0) is 29.8 Å². The lowest BCUT2D eigenvalue weighted by Crippen LogP contribution is -2.15. The zero-order valence-corrected chi connectivity index (χ0v) is 13.2. The number of aromatic nitrogens is 2. The molecule has 24 heavy (non-hydrogen) atoms. The molecule has 0 bridgehead atoms. The quantitative estimate of drug-likeness (QED) is 0.715. The fourth-order valence-electron chi connectivity index (χ4n) is 2.23. The number of carbonyl (C=O) groups excluding carboxylic acids is 2. The minimum Gasteiger partial charge on any atom is -0.366 e. The lowest BCUT2D eigenvalue weighted by atomic mass is 10.1. The molecule has 3 rings (SSSR count). The number of primary amides is 1.